The van der Waals surface area contributed by atoms with Gasteiger partial charge in [0.2, 0.25) is 0 Å². The highest BCUT2D eigenvalue weighted by atomic mass is 35.5. The van der Waals surface area contributed by atoms with Crippen LogP contribution in [0.5, 0.6) is 5.75 Å². The van der Waals surface area contributed by atoms with E-state index in [1.807, 2.05) is 58.0 Å². The average Bonchev–Trinajstić information content (AvgIpc) is 2.99. The van der Waals surface area contributed by atoms with Crippen molar-refractivity contribution in [3.63, 3.8) is 0 Å². The molecular formula is C24H27BClNO6. The predicted molar refractivity (Wildman–Crippen MR) is 127 cm³/mol. The summed E-state index contributed by atoms with van der Waals surface area (Å²) >= 11 is 6.11. The molecule has 0 bridgehead atoms. The van der Waals surface area contributed by atoms with Gasteiger partial charge in [-0.3, -0.25) is 4.79 Å². The van der Waals surface area contributed by atoms with Gasteiger partial charge < -0.3 is 24.5 Å². The summed E-state index contributed by atoms with van der Waals surface area (Å²) in [5.41, 5.74) is 0.495. The van der Waals surface area contributed by atoms with Gasteiger partial charge in [-0.2, -0.15) is 0 Å². The number of hydrogen-bond donors (Lipinski definition) is 2. The SMILES string of the molecule is CC1(C)OB(C(=Cc2cc(Cl)cc(C=O)c2O)CNC(=O)OCc2ccccc2)OC1(C)C. The molecule has 2 aromatic carbocycles. The lowest BCUT2D eigenvalue weighted by Crippen LogP contribution is -2.41. The smallest absolute Gasteiger partial charge is 0.492 e. The summed E-state index contributed by atoms with van der Waals surface area (Å²) in [6.45, 7) is 7.79. The van der Waals surface area contributed by atoms with Crippen LogP contribution in [-0.2, 0) is 20.7 Å². The zero-order valence-corrected chi connectivity index (χ0v) is 19.8. The molecule has 2 aromatic rings. The van der Waals surface area contributed by atoms with Gasteiger partial charge in [0.05, 0.1) is 16.8 Å². The van der Waals surface area contributed by atoms with Gasteiger partial charge in [0.25, 0.3) is 0 Å². The van der Waals surface area contributed by atoms with Gasteiger partial charge in [-0.15, -0.1) is 0 Å². The predicted octanol–water partition coefficient (Wildman–Crippen LogP) is 4.80. The number of halogens is 1. The lowest BCUT2D eigenvalue weighted by molar-refractivity contribution is 0.00578. The largest absolute Gasteiger partial charge is 0.507 e. The summed E-state index contributed by atoms with van der Waals surface area (Å²) in [5.74, 6) is -0.227. The van der Waals surface area contributed by atoms with E-state index in [1.165, 1.54) is 12.1 Å². The summed E-state index contributed by atoms with van der Waals surface area (Å²) in [6, 6.07) is 12.2. The summed E-state index contributed by atoms with van der Waals surface area (Å²) in [6.07, 6.45) is 1.49. The molecule has 0 aromatic heterocycles. The van der Waals surface area contributed by atoms with Crippen molar-refractivity contribution < 1.29 is 28.7 Å². The Labute approximate surface area is 198 Å². The first-order valence-electron chi connectivity index (χ1n) is 10.5. The fourth-order valence-electron chi connectivity index (χ4n) is 3.19. The van der Waals surface area contributed by atoms with Crippen molar-refractivity contribution in [2.24, 2.45) is 0 Å². The number of aldehydes is 1. The summed E-state index contributed by atoms with van der Waals surface area (Å²) in [7, 11) is -0.803. The van der Waals surface area contributed by atoms with Crippen molar-refractivity contribution in [3.8, 4) is 5.75 Å². The van der Waals surface area contributed by atoms with Crippen LogP contribution in [-0.4, -0.2) is 42.4 Å². The topological polar surface area (TPSA) is 94.1 Å². The Balaban J connectivity index is 1.82. The van der Waals surface area contributed by atoms with Crippen LogP contribution in [0.15, 0.2) is 47.9 Å². The van der Waals surface area contributed by atoms with Crippen LogP contribution in [0, 0.1) is 0 Å². The Morgan fingerprint density at radius 3 is 2.33 bits per heavy atom. The molecule has 1 fully saturated rings. The third kappa shape index (κ3) is 5.96. The molecule has 1 amide bonds. The molecule has 1 aliphatic heterocycles. The van der Waals surface area contributed by atoms with Crippen molar-refractivity contribution in [1.82, 2.24) is 5.32 Å². The quantitative estimate of drug-likeness (QED) is 0.445. The number of alkyl carbamates (subject to hydrolysis) is 1. The second kappa shape index (κ2) is 9.99. The van der Waals surface area contributed by atoms with Crippen molar-refractivity contribution in [2.75, 3.05) is 6.54 Å². The van der Waals surface area contributed by atoms with Gasteiger partial charge in [0.1, 0.15) is 12.4 Å². The minimum Gasteiger partial charge on any atom is -0.507 e. The molecule has 0 spiro atoms. The highest BCUT2D eigenvalue weighted by Crippen LogP contribution is 2.39. The number of phenolic OH excluding ortho intramolecular Hbond substituents is 1. The van der Waals surface area contributed by atoms with Gasteiger partial charge in [0.15, 0.2) is 6.29 Å². The lowest BCUT2D eigenvalue weighted by atomic mass is 9.76. The Hall–Kier alpha value is -2.81. The van der Waals surface area contributed by atoms with E-state index in [9.17, 15) is 14.7 Å². The molecule has 1 heterocycles. The molecule has 1 aliphatic rings. The van der Waals surface area contributed by atoms with E-state index in [-0.39, 0.29) is 29.5 Å². The number of amides is 1. The molecule has 0 aliphatic carbocycles. The van der Waals surface area contributed by atoms with Gasteiger partial charge in [-0.05, 0) is 50.9 Å². The van der Waals surface area contributed by atoms with E-state index in [2.05, 4.69) is 5.32 Å². The minimum absolute atomic E-state index is 0.0207. The van der Waals surface area contributed by atoms with E-state index in [1.54, 1.807) is 6.08 Å². The summed E-state index contributed by atoms with van der Waals surface area (Å²) < 4.78 is 17.5. The van der Waals surface area contributed by atoms with Crippen molar-refractivity contribution in [2.45, 2.75) is 45.5 Å². The number of phenols is 1. The molecule has 0 unspecified atom stereocenters. The highest BCUT2D eigenvalue weighted by molar-refractivity contribution is 6.56. The van der Waals surface area contributed by atoms with E-state index in [0.29, 0.717) is 17.3 Å². The van der Waals surface area contributed by atoms with Crippen LogP contribution < -0.4 is 5.32 Å². The molecular weight excluding hydrogens is 445 g/mol. The van der Waals surface area contributed by atoms with Gasteiger partial charge in [0, 0.05) is 17.1 Å². The van der Waals surface area contributed by atoms with Crippen LogP contribution in [0.2, 0.25) is 5.02 Å². The molecule has 174 valence electrons. The molecule has 0 atom stereocenters. The molecule has 3 rings (SSSR count). The van der Waals surface area contributed by atoms with E-state index < -0.39 is 24.4 Å². The number of carbonyl (C=O) groups is 2. The summed E-state index contributed by atoms with van der Waals surface area (Å²) in [5, 5.41) is 13.4. The van der Waals surface area contributed by atoms with Crippen LogP contribution >= 0.6 is 11.6 Å². The zero-order valence-electron chi connectivity index (χ0n) is 19.1. The Morgan fingerprint density at radius 2 is 1.73 bits per heavy atom. The summed E-state index contributed by atoms with van der Waals surface area (Å²) in [4.78, 5) is 23.6. The lowest BCUT2D eigenvalue weighted by Gasteiger charge is -2.32. The van der Waals surface area contributed by atoms with Crippen LogP contribution in [0.3, 0.4) is 0 Å². The number of nitrogens with one attached hydrogen (secondary N) is 1. The molecule has 0 saturated carbocycles. The van der Waals surface area contributed by atoms with Crippen molar-refractivity contribution >= 4 is 37.2 Å². The van der Waals surface area contributed by atoms with Gasteiger partial charge in [-0.1, -0.05) is 48.0 Å². The van der Waals surface area contributed by atoms with Crippen LogP contribution in [0.25, 0.3) is 6.08 Å². The van der Waals surface area contributed by atoms with Crippen LogP contribution in [0.1, 0.15) is 49.2 Å². The van der Waals surface area contributed by atoms with Gasteiger partial charge >= 0.3 is 13.2 Å². The first kappa shape index (κ1) is 24.8. The Bertz CT molecular complexity index is 1040. The normalized spacial score (nSPS) is 17.0. The first-order valence-corrected chi connectivity index (χ1v) is 10.9. The first-order chi connectivity index (χ1) is 15.5. The molecule has 7 nitrogen and oxygen atoms in total. The zero-order chi connectivity index (χ0) is 24.2. The van der Waals surface area contributed by atoms with Crippen LogP contribution in [0.4, 0.5) is 4.79 Å². The maximum atomic E-state index is 12.3. The van der Waals surface area contributed by atoms with E-state index in [4.69, 9.17) is 25.6 Å². The average molecular weight is 472 g/mol. The van der Waals surface area contributed by atoms with E-state index in [0.717, 1.165) is 5.56 Å². The maximum absolute atomic E-state index is 12.3. The maximum Gasteiger partial charge on any atom is 0.492 e. The monoisotopic (exact) mass is 471 g/mol. The second-order valence-corrected chi connectivity index (χ2v) is 9.21. The van der Waals surface area contributed by atoms with E-state index >= 15 is 0 Å². The molecule has 0 radical (unpaired) electrons. The fraction of sp³-hybridized carbons (Fsp3) is 0.333. The van der Waals surface area contributed by atoms with Gasteiger partial charge in [-0.25, -0.2) is 4.79 Å². The van der Waals surface area contributed by atoms with Crippen molar-refractivity contribution in [3.05, 3.63) is 69.7 Å². The Morgan fingerprint density at radius 1 is 1.12 bits per heavy atom. The fourth-order valence-corrected chi connectivity index (χ4v) is 3.42. The number of benzene rings is 2. The molecule has 33 heavy (non-hydrogen) atoms. The second-order valence-electron chi connectivity index (χ2n) is 8.77. The number of carbonyl (C=O) groups excluding carboxylic acids is 2. The molecule has 9 heteroatoms. The number of hydrogen-bond acceptors (Lipinski definition) is 6. The standard InChI is InChI=1S/C24H27BClNO6/c1-23(2)24(3,4)33-25(32-23)19(10-17-11-20(26)12-18(14-28)21(17)29)13-27-22(30)31-15-16-8-6-5-7-9-16/h5-12,14,29H,13,15H2,1-4H3,(H,27,30). The number of aromatic hydroxyl groups is 1. The Kier molecular flexibility index (Phi) is 7.52. The number of rotatable bonds is 7. The number of ether oxygens (including phenoxy) is 1. The molecule has 1 saturated heterocycles. The third-order valence-electron chi connectivity index (χ3n) is 5.81. The molecule has 2 N–H and O–H groups in total. The van der Waals surface area contributed by atoms with Crippen molar-refractivity contribution in [1.29, 1.82) is 0 Å². The minimum atomic E-state index is -0.803. The highest BCUT2D eigenvalue weighted by Gasteiger charge is 2.52. The third-order valence-corrected chi connectivity index (χ3v) is 6.03.